The average molecular weight is 402 g/mol. The summed E-state index contributed by atoms with van der Waals surface area (Å²) < 4.78 is 6.98. The van der Waals surface area contributed by atoms with E-state index in [1.807, 2.05) is 30.3 Å². The van der Waals surface area contributed by atoms with Gasteiger partial charge in [-0.1, -0.05) is 23.5 Å². The largest absolute Gasteiger partial charge is 0.497 e. The molecule has 0 aliphatic carbocycles. The predicted molar refractivity (Wildman–Crippen MR) is 113 cm³/mol. The molecule has 0 fully saturated rings. The van der Waals surface area contributed by atoms with Gasteiger partial charge < -0.3 is 4.74 Å². The lowest BCUT2D eigenvalue weighted by Gasteiger charge is -2.01. The molecule has 0 unspecified atom stereocenters. The Kier molecular flexibility index (Phi) is 4.13. The van der Waals surface area contributed by atoms with Crippen LogP contribution in [0.4, 0.5) is 0 Å². The highest BCUT2D eigenvalue weighted by Gasteiger charge is 2.17. The Hall–Kier alpha value is -3.52. The van der Waals surface area contributed by atoms with Crippen molar-refractivity contribution in [1.82, 2.24) is 30.0 Å². The molecular formula is C21H18N6OS. The monoisotopic (exact) mass is 402 g/mol. The van der Waals surface area contributed by atoms with E-state index in [-0.39, 0.29) is 0 Å². The zero-order valence-electron chi connectivity index (χ0n) is 16.2. The number of nitrogens with zero attached hydrogens (tertiary/aromatic N) is 5. The number of aryl methyl sites for hydroxylation is 2. The Bertz CT molecular complexity index is 1310. The van der Waals surface area contributed by atoms with Crippen LogP contribution in [0.1, 0.15) is 11.1 Å². The third-order valence-corrected chi connectivity index (χ3v) is 5.90. The number of rotatable bonds is 4. The topological polar surface area (TPSA) is 81.0 Å². The predicted octanol–water partition coefficient (Wildman–Crippen LogP) is 4.54. The highest BCUT2D eigenvalue weighted by Crippen LogP contribution is 2.30. The molecule has 0 saturated carbocycles. The minimum atomic E-state index is 0.638. The Morgan fingerprint density at radius 3 is 2.48 bits per heavy atom. The SMILES string of the molecule is COc1ccc(-c2cc(-c3nnc4sc(-c5ccc(C)c(C)c5)nn34)[nH]n2)cc1. The molecule has 29 heavy (non-hydrogen) atoms. The highest BCUT2D eigenvalue weighted by molar-refractivity contribution is 7.19. The van der Waals surface area contributed by atoms with Gasteiger partial charge in [-0.3, -0.25) is 5.10 Å². The first-order valence-corrected chi connectivity index (χ1v) is 9.94. The van der Waals surface area contributed by atoms with Crippen molar-refractivity contribution >= 4 is 16.3 Å². The molecule has 0 radical (unpaired) electrons. The van der Waals surface area contributed by atoms with Crippen molar-refractivity contribution in [1.29, 1.82) is 0 Å². The van der Waals surface area contributed by atoms with E-state index in [2.05, 4.69) is 52.4 Å². The molecule has 0 aliphatic heterocycles. The summed E-state index contributed by atoms with van der Waals surface area (Å²) in [6.45, 7) is 4.21. The molecule has 3 aromatic heterocycles. The van der Waals surface area contributed by atoms with Gasteiger partial charge >= 0.3 is 0 Å². The van der Waals surface area contributed by atoms with Gasteiger partial charge in [-0.15, -0.1) is 10.2 Å². The van der Waals surface area contributed by atoms with Gasteiger partial charge in [0.2, 0.25) is 10.8 Å². The molecule has 3 heterocycles. The second-order valence-electron chi connectivity index (χ2n) is 6.82. The molecule has 0 spiro atoms. The molecule has 0 saturated heterocycles. The van der Waals surface area contributed by atoms with E-state index in [9.17, 15) is 0 Å². The molecule has 5 aromatic rings. The number of aromatic nitrogens is 6. The number of ether oxygens (including phenoxy) is 1. The lowest BCUT2D eigenvalue weighted by atomic mass is 10.1. The number of nitrogens with one attached hydrogen (secondary N) is 1. The summed E-state index contributed by atoms with van der Waals surface area (Å²) in [5.41, 5.74) is 6.16. The minimum absolute atomic E-state index is 0.638. The molecule has 0 atom stereocenters. The summed E-state index contributed by atoms with van der Waals surface area (Å²) in [6, 6.07) is 16.1. The van der Waals surface area contributed by atoms with Crippen LogP contribution in [0.15, 0.2) is 48.5 Å². The Morgan fingerprint density at radius 2 is 1.72 bits per heavy atom. The minimum Gasteiger partial charge on any atom is -0.497 e. The van der Waals surface area contributed by atoms with Crippen LogP contribution in [0, 0.1) is 13.8 Å². The summed E-state index contributed by atoms with van der Waals surface area (Å²) >= 11 is 1.52. The summed E-state index contributed by atoms with van der Waals surface area (Å²) in [5, 5.41) is 21.7. The standard InChI is InChI=1S/C21H18N6OS/c1-12-4-5-15(10-13(12)2)20-26-27-19(24-25-21(27)29-20)18-11-17(22-23-18)14-6-8-16(28-3)9-7-14/h4-11H,1-3H3,(H,22,23). The Balaban J connectivity index is 1.51. The van der Waals surface area contributed by atoms with Crippen LogP contribution in [-0.2, 0) is 0 Å². The first kappa shape index (κ1) is 17.6. The third-order valence-electron chi connectivity index (χ3n) is 4.95. The van der Waals surface area contributed by atoms with Gasteiger partial charge in [-0.05, 0) is 61.4 Å². The Labute approximate surface area is 171 Å². The van der Waals surface area contributed by atoms with Crippen LogP contribution in [0.5, 0.6) is 5.75 Å². The number of hydrogen-bond acceptors (Lipinski definition) is 6. The van der Waals surface area contributed by atoms with Crippen molar-refractivity contribution in [3.05, 3.63) is 59.7 Å². The van der Waals surface area contributed by atoms with E-state index >= 15 is 0 Å². The molecular weight excluding hydrogens is 384 g/mol. The number of H-pyrrole nitrogens is 1. The van der Waals surface area contributed by atoms with Gasteiger partial charge in [0.1, 0.15) is 16.5 Å². The van der Waals surface area contributed by atoms with Crippen LogP contribution in [0.3, 0.4) is 0 Å². The van der Waals surface area contributed by atoms with Gasteiger partial charge in [0.25, 0.3) is 0 Å². The summed E-state index contributed by atoms with van der Waals surface area (Å²) in [7, 11) is 1.65. The van der Waals surface area contributed by atoms with E-state index in [4.69, 9.17) is 9.84 Å². The van der Waals surface area contributed by atoms with Crippen molar-refractivity contribution in [2.75, 3.05) is 7.11 Å². The zero-order valence-corrected chi connectivity index (χ0v) is 17.0. The van der Waals surface area contributed by atoms with Crippen LogP contribution in [0.25, 0.3) is 38.3 Å². The maximum atomic E-state index is 5.21. The molecule has 7 nitrogen and oxygen atoms in total. The number of aromatic amines is 1. The third kappa shape index (κ3) is 3.07. The number of methoxy groups -OCH3 is 1. The fourth-order valence-electron chi connectivity index (χ4n) is 3.12. The van der Waals surface area contributed by atoms with Crippen molar-refractivity contribution in [2.24, 2.45) is 0 Å². The number of benzene rings is 2. The van der Waals surface area contributed by atoms with Gasteiger partial charge in [-0.25, -0.2) is 0 Å². The molecule has 0 aliphatic rings. The van der Waals surface area contributed by atoms with E-state index in [1.165, 1.54) is 22.5 Å². The maximum Gasteiger partial charge on any atom is 0.235 e. The lowest BCUT2D eigenvalue weighted by molar-refractivity contribution is 0.415. The van der Waals surface area contributed by atoms with Crippen LogP contribution >= 0.6 is 11.3 Å². The van der Waals surface area contributed by atoms with Gasteiger partial charge in [0.15, 0.2) is 0 Å². The molecule has 8 heteroatoms. The summed E-state index contributed by atoms with van der Waals surface area (Å²) in [6.07, 6.45) is 0. The van der Waals surface area contributed by atoms with Gasteiger partial charge in [-0.2, -0.15) is 14.7 Å². The van der Waals surface area contributed by atoms with Crippen molar-refractivity contribution in [3.8, 4) is 39.1 Å². The second kappa shape index (κ2) is 6.82. The van der Waals surface area contributed by atoms with E-state index in [0.29, 0.717) is 5.82 Å². The van der Waals surface area contributed by atoms with Crippen molar-refractivity contribution in [3.63, 3.8) is 0 Å². The average Bonchev–Trinajstić information content (AvgIpc) is 3.45. The summed E-state index contributed by atoms with van der Waals surface area (Å²) in [4.78, 5) is 0.744. The van der Waals surface area contributed by atoms with Crippen molar-refractivity contribution in [2.45, 2.75) is 13.8 Å². The maximum absolute atomic E-state index is 5.21. The fourth-order valence-corrected chi connectivity index (χ4v) is 3.96. The first-order chi connectivity index (χ1) is 14.1. The number of hydrogen-bond donors (Lipinski definition) is 1. The van der Waals surface area contributed by atoms with Crippen LogP contribution in [-0.4, -0.2) is 37.1 Å². The zero-order chi connectivity index (χ0) is 20.0. The second-order valence-corrected chi connectivity index (χ2v) is 7.78. The lowest BCUT2D eigenvalue weighted by Crippen LogP contribution is -1.91. The van der Waals surface area contributed by atoms with E-state index in [0.717, 1.165) is 38.2 Å². The Morgan fingerprint density at radius 1 is 0.931 bits per heavy atom. The molecule has 144 valence electrons. The fraction of sp³-hybridized carbons (Fsp3) is 0.143. The smallest absolute Gasteiger partial charge is 0.235 e. The molecule has 5 rings (SSSR count). The normalized spacial score (nSPS) is 11.3. The van der Waals surface area contributed by atoms with Crippen molar-refractivity contribution < 1.29 is 4.74 Å². The highest BCUT2D eigenvalue weighted by atomic mass is 32.1. The first-order valence-electron chi connectivity index (χ1n) is 9.12. The molecule has 2 aromatic carbocycles. The molecule has 0 amide bonds. The van der Waals surface area contributed by atoms with E-state index in [1.54, 1.807) is 11.6 Å². The quantitative estimate of drug-likeness (QED) is 0.477. The molecule has 1 N–H and O–H groups in total. The van der Waals surface area contributed by atoms with E-state index < -0.39 is 0 Å². The van der Waals surface area contributed by atoms with Gasteiger partial charge in [0.05, 0.1) is 12.8 Å². The summed E-state index contributed by atoms with van der Waals surface area (Å²) in [5.74, 6) is 1.45. The number of fused-ring (bicyclic) bond motifs is 1. The molecule has 0 bridgehead atoms. The van der Waals surface area contributed by atoms with Crippen LogP contribution < -0.4 is 4.74 Å². The van der Waals surface area contributed by atoms with Crippen LogP contribution in [0.2, 0.25) is 0 Å². The van der Waals surface area contributed by atoms with Gasteiger partial charge in [0, 0.05) is 11.1 Å².